The average Bonchev–Trinajstić information content (AvgIpc) is 3.04. The van der Waals surface area contributed by atoms with Crippen molar-refractivity contribution in [3.05, 3.63) is 35.4 Å². The molecule has 138 valence electrons. The van der Waals surface area contributed by atoms with E-state index in [4.69, 9.17) is 0 Å². The molecule has 3 rings (SSSR count). The second kappa shape index (κ2) is 8.30. The number of aryl methyl sites for hydroxylation is 1. The highest BCUT2D eigenvalue weighted by molar-refractivity contribution is 5.78. The lowest BCUT2D eigenvalue weighted by atomic mass is 10.0. The number of nitrogens with zero attached hydrogens (tertiary/aromatic N) is 3. The van der Waals surface area contributed by atoms with Crippen LogP contribution in [0, 0.1) is 12.8 Å². The third-order valence-corrected chi connectivity index (χ3v) is 5.56. The topological polar surface area (TPSA) is 47.0 Å². The number of piperazine rings is 1. The SMILES string of the molecule is Cc1cccc(CN2CCN(C(=O)CN3CCC(C(C)O)C3)CC2)c1. The van der Waals surface area contributed by atoms with E-state index in [0.717, 1.165) is 52.2 Å². The highest BCUT2D eigenvalue weighted by Gasteiger charge is 2.29. The minimum absolute atomic E-state index is 0.237. The van der Waals surface area contributed by atoms with E-state index >= 15 is 0 Å². The van der Waals surface area contributed by atoms with E-state index in [9.17, 15) is 9.90 Å². The van der Waals surface area contributed by atoms with Gasteiger partial charge in [0.05, 0.1) is 12.6 Å². The Labute approximate surface area is 151 Å². The highest BCUT2D eigenvalue weighted by Crippen LogP contribution is 2.19. The molecule has 2 atom stereocenters. The summed E-state index contributed by atoms with van der Waals surface area (Å²) in [5.41, 5.74) is 2.65. The van der Waals surface area contributed by atoms with Gasteiger partial charge in [-0.1, -0.05) is 29.8 Å². The van der Waals surface area contributed by atoms with Crippen molar-refractivity contribution in [3.8, 4) is 0 Å². The van der Waals surface area contributed by atoms with E-state index in [0.29, 0.717) is 12.5 Å². The molecule has 0 radical (unpaired) electrons. The fraction of sp³-hybridized carbons (Fsp3) is 0.650. The third kappa shape index (κ3) is 5.03. The number of rotatable bonds is 5. The van der Waals surface area contributed by atoms with Crippen molar-refractivity contribution in [1.29, 1.82) is 0 Å². The van der Waals surface area contributed by atoms with E-state index in [2.05, 4.69) is 41.0 Å². The lowest BCUT2D eigenvalue weighted by Crippen LogP contribution is -2.50. The standard InChI is InChI=1S/C20H31N3O2/c1-16-4-3-5-18(12-16)13-21-8-10-23(11-9-21)20(25)15-22-7-6-19(14-22)17(2)24/h3-5,12,17,19,24H,6-11,13-15H2,1-2H3. The van der Waals surface area contributed by atoms with Crippen LogP contribution in [0.4, 0.5) is 0 Å². The summed E-state index contributed by atoms with van der Waals surface area (Å²) in [4.78, 5) is 19.2. The minimum Gasteiger partial charge on any atom is -0.393 e. The van der Waals surface area contributed by atoms with E-state index in [1.165, 1.54) is 11.1 Å². The number of hydrogen-bond donors (Lipinski definition) is 1. The van der Waals surface area contributed by atoms with Gasteiger partial charge in [0, 0.05) is 39.3 Å². The lowest BCUT2D eigenvalue weighted by molar-refractivity contribution is -0.134. The van der Waals surface area contributed by atoms with Gasteiger partial charge in [-0.2, -0.15) is 0 Å². The average molecular weight is 345 g/mol. The maximum Gasteiger partial charge on any atom is 0.236 e. The first-order valence-electron chi connectivity index (χ1n) is 9.47. The Morgan fingerprint density at radius 1 is 1.20 bits per heavy atom. The minimum atomic E-state index is -0.273. The maximum absolute atomic E-state index is 12.5. The van der Waals surface area contributed by atoms with E-state index in [1.807, 2.05) is 11.8 Å². The molecule has 25 heavy (non-hydrogen) atoms. The zero-order valence-corrected chi connectivity index (χ0v) is 15.5. The number of likely N-dealkylation sites (tertiary alicyclic amines) is 1. The summed E-state index contributed by atoms with van der Waals surface area (Å²) in [6.45, 7) is 10.7. The molecule has 1 amide bonds. The van der Waals surface area contributed by atoms with Gasteiger partial charge in [-0.15, -0.1) is 0 Å². The molecule has 2 heterocycles. The van der Waals surface area contributed by atoms with Crippen LogP contribution in [-0.2, 0) is 11.3 Å². The van der Waals surface area contributed by atoms with Gasteiger partial charge in [-0.3, -0.25) is 14.6 Å². The van der Waals surface area contributed by atoms with Gasteiger partial charge in [0.25, 0.3) is 0 Å². The Morgan fingerprint density at radius 2 is 1.96 bits per heavy atom. The van der Waals surface area contributed by atoms with Crippen LogP contribution >= 0.6 is 0 Å². The number of hydrogen-bond acceptors (Lipinski definition) is 4. The largest absolute Gasteiger partial charge is 0.393 e. The molecule has 5 heteroatoms. The maximum atomic E-state index is 12.5. The van der Waals surface area contributed by atoms with Crippen LogP contribution in [0.25, 0.3) is 0 Å². The quantitative estimate of drug-likeness (QED) is 0.875. The fourth-order valence-electron chi connectivity index (χ4n) is 3.92. The zero-order chi connectivity index (χ0) is 17.8. The fourth-order valence-corrected chi connectivity index (χ4v) is 3.92. The first-order chi connectivity index (χ1) is 12.0. The van der Waals surface area contributed by atoms with Gasteiger partial charge in [-0.25, -0.2) is 0 Å². The number of benzene rings is 1. The molecule has 1 N–H and O–H groups in total. The molecule has 0 saturated carbocycles. The van der Waals surface area contributed by atoms with Crippen LogP contribution in [0.15, 0.2) is 24.3 Å². The van der Waals surface area contributed by atoms with Crippen molar-refractivity contribution >= 4 is 5.91 Å². The Kier molecular flexibility index (Phi) is 6.10. The molecule has 0 aromatic heterocycles. The zero-order valence-electron chi connectivity index (χ0n) is 15.5. The molecule has 2 saturated heterocycles. The van der Waals surface area contributed by atoms with Gasteiger partial charge in [-0.05, 0) is 38.3 Å². The second-order valence-electron chi connectivity index (χ2n) is 7.67. The first kappa shape index (κ1) is 18.4. The third-order valence-electron chi connectivity index (χ3n) is 5.56. The van der Waals surface area contributed by atoms with Crippen molar-refractivity contribution in [2.75, 3.05) is 45.8 Å². The predicted octanol–water partition coefficient (Wildman–Crippen LogP) is 1.34. The van der Waals surface area contributed by atoms with Crippen LogP contribution in [0.5, 0.6) is 0 Å². The van der Waals surface area contributed by atoms with Crippen LogP contribution in [0.3, 0.4) is 0 Å². The summed E-state index contributed by atoms with van der Waals surface area (Å²) >= 11 is 0. The molecule has 2 aliphatic heterocycles. The number of carbonyl (C=O) groups is 1. The van der Waals surface area contributed by atoms with E-state index < -0.39 is 0 Å². The van der Waals surface area contributed by atoms with Crippen molar-refractivity contribution in [3.63, 3.8) is 0 Å². The molecule has 2 fully saturated rings. The summed E-state index contributed by atoms with van der Waals surface area (Å²) in [6, 6.07) is 8.65. The molecular weight excluding hydrogens is 314 g/mol. The smallest absolute Gasteiger partial charge is 0.236 e. The molecule has 1 aromatic carbocycles. The first-order valence-corrected chi connectivity index (χ1v) is 9.47. The van der Waals surface area contributed by atoms with E-state index in [1.54, 1.807) is 0 Å². The highest BCUT2D eigenvalue weighted by atomic mass is 16.3. The molecule has 0 bridgehead atoms. The van der Waals surface area contributed by atoms with Gasteiger partial charge in [0.2, 0.25) is 5.91 Å². The van der Waals surface area contributed by atoms with Crippen molar-refractivity contribution < 1.29 is 9.90 Å². The van der Waals surface area contributed by atoms with Crippen LogP contribution in [0.2, 0.25) is 0 Å². The molecular formula is C20H31N3O2. The Balaban J connectivity index is 1.42. The van der Waals surface area contributed by atoms with Gasteiger partial charge in [0.1, 0.15) is 0 Å². The van der Waals surface area contributed by atoms with Crippen LogP contribution < -0.4 is 0 Å². The summed E-state index contributed by atoms with van der Waals surface area (Å²) in [6.07, 6.45) is 0.722. The van der Waals surface area contributed by atoms with Gasteiger partial charge >= 0.3 is 0 Å². The Morgan fingerprint density at radius 3 is 2.60 bits per heavy atom. The Hall–Kier alpha value is -1.43. The summed E-state index contributed by atoms with van der Waals surface area (Å²) < 4.78 is 0. The predicted molar refractivity (Wildman–Crippen MR) is 99.3 cm³/mol. The summed E-state index contributed by atoms with van der Waals surface area (Å²) in [5, 5.41) is 9.69. The monoisotopic (exact) mass is 345 g/mol. The van der Waals surface area contributed by atoms with Crippen molar-refractivity contribution in [1.82, 2.24) is 14.7 Å². The molecule has 2 unspecified atom stereocenters. The number of amides is 1. The number of aliphatic hydroxyl groups excluding tert-OH is 1. The molecule has 2 aliphatic rings. The normalized spacial score (nSPS) is 23.8. The lowest BCUT2D eigenvalue weighted by Gasteiger charge is -2.35. The molecule has 0 spiro atoms. The van der Waals surface area contributed by atoms with Crippen LogP contribution in [0.1, 0.15) is 24.5 Å². The number of carbonyl (C=O) groups excluding carboxylic acids is 1. The number of aliphatic hydroxyl groups is 1. The van der Waals surface area contributed by atoms with E-state index in [-0.39, 0.29) is 12.0 Å². The molecule has 5 nitrogen and oxygen atoms in total. The second-order valence-corrected chi connectivity index (χ2v) is 7.67. The summed E-state index contributed by atoms with van der Waals surface area (Å²) in [7, 11) is 0. The molecule has 1 aromatic rings. The molecule has 0 aliphatic carbocycles. The summed E-state index contributed by atoms with van der Waals surface area (Å²) in [5.74, 6) is 0.556. The van der Waals surface area contributed by atoms with Crippen molar-refractivity contribution in [2.24, 2.45) is 5.92 Å². The van der Waals surface area contributed by atoms with Crippen molar-refractivity contribution in [2.45, 2.75) is 32.9 Å². The van der Waals surface area contributed by atoms with Gasteiger partial charge < -0.3 is 10.0 Å². The van der Waals surface area contributed by atoms with Crippen LogP contribution in [-0.4, -0.2) is 77.6 Å². The van der Waals surface area contributed by atoms with Gasteiger partial charge in [0.15, 0.2) is 0 Å². The Bertz CT molecular complexity index is 582.